The van der Waals surface area contributed by atoms with E-state index >= 15 is 0 Å². The number of methoxy groups -OCH3 is 2. The number of aromatic nitrogens is 1. The van der Waals surface area contributed by atoms with Crippen molar-refractivity contribution >= 4 is 31.8 Å². The third-order valence-corrected chi connectivity index (χ3v) is 9.40. The van der Waals surface area contributed by atoms with Crippen molar-refractivity contribution in [1.82, 2.24) is 4.98 Å². The number of fused-ring (bicyclic) bond motifs is 7. The van der Waals surface area contributed by atoms with E-state index in [4.69, 9.17) is 14.5 Å². The van der Waals surface area contributed by atoms with Gasteiger partial charge in [0.15, 0.2) is 11.5 Å². The van der Waals surface area contributed by atoms with Crippen molar-refractivity contribution in [2.75, 3.05) is 14.2 Å². The molecule has 5 rings (SSSR count). The minimum Gasteiger partial charge on any atom is -0.506 e. The molecule has 0 saturated heterocycles. The monoisotopic (exact) mass is 457 g/mol. The third-order valence-electron chi connectivity index (χ3n) is 7.69. The largest absolute Gasteiger partial charge is 0.506 e. The molecule has 2 aliphatic rings. The summed E-state index contributed by atoms with van der Waals surface area (Å²) >= 11 is 0. The van der Waals surface area contributed by atoms with E-state index in [0.29, 0.717) is 30.0 Å². The number of ether oxygens (including phenoxy) is 2. The van der Waals surface area contributed by atoms with Crippen LogP contribution in [0.1, 0.15) is 41.6 Å². The summed E-state index contributed by atoms with van der Waals surface area (Å²) in [6.07, 6.45) is 2.71. The van der Waals surface area contributed by atoms with Gasteiger partial charge in [0, 0.05) is 10.9 Å². The van der Waals surface area contributed by atoms with E-state index < -0.39 is 14.9 Å². The zero-order chi connectivity index (χ0) is 23.0. The summed E-state index contributed by atoms with van der Waals surface area (Å²) in [5.41, 5.74) is 3.92. The first-order chi connectivity index (χ1) is 15.1. The summed E-state index contributed by atoms with van der Waals surface area (Å²) in [5.74, 6) is 1.07. The molecule has 3 aromatic rings. The highest BCUT2D eigenvalue weighted by atomic mass is 32.2. The predicted octanol–water partition coefficient (Wildman–Crippen LogP) is 4.25. The minimum absolute atomic E-state index is 0.150. The van der Waals surface area contributed by atoms with Crippen molar-refractivity contribution in [2.24, 2.45) is 5.92 Å². The fraction of sp³-hybridized carbons (Fsp3) is 0.458. The van der Waals surface area contributed by atoms with Crippen LogP contribution in [-0.4, -0.2) is 42.0 Å². The van der Waals surface area contributed by atoms with Gasteiger partial charge in [-0.05, 0) is 79.5 Å². The molecule has 1 heterocycles. The highest BCUT2D eigenvalue weighted by Gasteiger charge is 2.55. The van der Waals surface area contributed by atoms with Crippen molar-refractivity contribution in [2.45, 2.75) is 50.7 Å². The second-order valence-electron chi connectivity index (χ2n) is 9.11. The summed E-state index contributed by atoms with van der Waals surface area (Å²) in [7, 11) is -1.13. The lowest BCUT2D eigenvalue weighted by atomic mass is 9.74. The maximum atomic E-state index is 12.6. The Morgan fingerprint density at radius 2 is 1.75 bits per heavy atom. The minimum atomic E-state index is -4.26. The summed E-state index contributed by atoms with van der Waals surface area (Å²) in [4.78, 5) is 4.76. The normalized spacial score (nSPS) is 22.7. The van der Waals surface area contributed by atoms with E-state index in [1.807, 2.05) is 19.1 Å². The van der Waals surface area contributed by atoms with E-state index in [9.17, 15) is 18.1 Å². The third kappa shape index (κ3) is 2.69. The molecule has 2 aromatic carbocycles. The van der Waals surface area contributed by atoms with Gasteiger partial charge in [-0.1, -0.05) is 6.42 Å². The topological polar surface area (TPSA) is 106 Å². The van der Waals surface area contributed by atoms with Gasteiger partial charge >= 0.3 is 0 Å². The maximum absolute atomic E-state index is 12.6. The van der Waals surface area contributed by atoms with Crippen molar-refractivity contribution < 1.29 is 27.6 Å². The number of pyridine rings is 1. The Morgan fingerprint density at radius 3 is 2.38 bits per heavy atom. The zero-order valence-corrected chi connectivity index (χ0v) is 19.5. The first kappa shape index (κ1) is 21.3. The lowest BCUT2D eigenvalue weighted by molar-refractivity contribution is 0.340. The van der Waals surface area contributed by atoms with Gasteiger partial charge in [0.05, 0.1) is 25.4 Å². The van der Waals surface area contributed by atoms with Crippen LogP contribution in [0.3, 0.4) is 0 Å². The summed E-state index contributed by atoms with van der Waals surface area (Å²) in [6, 6.07) is 3.73. The standard InChI is InChI=1S/C24H27NO6S/c1-12-21-16-10-20(31-4)19(30-3)9-15(16)18-11-24(32(27,28)29)7-5-6-14(24)8-17(18)22(21)25-13(2)23(12)26/h9-10,14,26H,5-8,11H2,1-4H3,(H,27,28,29). The van der Waals surface area contributed by atoms with Gasteiger partial charge in [0.25, 0.3) is 10.1 Å². The number of benzene rings is 2. The molecule has 170 valence electrons. The van der Waals surface area contributed by atoms with Gasteiger partial charge in [-0.2, -0.15) is 8.42 Å². The molecule has 7 nitrogen and oxygen atoms in total. The Morgan fingerprint density at radius 1 is 1.09 bits per heavy atom. The molecule has 2 N–H and O–H groups in total. The molecule has 2 atom stereocenters. The Hall–Kier alpha value is -2.58. The molecule has 32 heavy (non-hydrogen) atoms. The van der Waals surface area contributed by atoms with Crippen LogP contribution in [-0.2, 0) is 23.0 Å². The molecule has 2 unspecified atom stereocenters. The van der Waals surface area contributed by atoms with E-state index in [1.54, 1.807) is 21.1 Å². The lowest BCUT2D eigenvalue weighted by Gasteiger charge is -2.39. The molecule has 8 heteroatoms. The fourth-order valence-corrected chi connectivity index (χ4v) is 7.42. The van der Waals surface area contributed by atoms with Crippen molar-refractivity contribution in [3.05, 3.63) is 34.5 Å². The second kappa shape index (κ2) is 6.96. The average molecular weight is 458 g/mol. The van der Waals surface area contributed by atoms with Crippen molar-refractivity contribution in [1.29, 1.82) is 0 Å². The molecule has 1 saturated carbocycles. The van der Waals surface area contributed by atoms with Crippen LogP contribution >= 0.6 is 0 Å². The van der Waals surface area contributed by atoms with Crippen LogP contribution in [0.2, 0.25) is 0 Å². The second-order valence-corrected chi connectivity index (χ2v) is 10.9. The summed E-state index contributed by atoms with van der Waals surface area (Å²) in [6.45, 7) is 3.64. The number of hydrogen-bond acceptors (Lipinski definition) is 6. The quantitative estimate of drug-likeness (QED) is 0.447. The van der Waals surface area contributed by atoms with Gasteiger partial charge in [-0.15, -0.1) is 0 Å². The molecule has 0 spiro atoms. The molecule has 1 aromatic heterocycles. The van der Waals surface area contributed by atoms with Crippen LogP contribution in [0.5, 0.6) is 17.2 Å². The van der Waals surface area contributed by atoms with Crippen LogP contribution in [0, 0.1) is 19.8 Å². The first-order valence-corrected chi connectivity index (χ1v) is 12.2. The van der Waals surface area contributed by atoms with Crippen LogP contribution < -0.4 is 9.47 Å². The van der Waals surface area contributed by atoms with E-state index in [0.717, 1.165) is 51.2 Å². The van der Waals surface area contributed by atoms with Crippen molar-refractivity contribution in [3.63, 3.8) is 0 Å². The number of nitrogens with zero attached hydrogens (tertiary/aromatic N) is 1. The Bertz CT molecular complexity index is 1400. The Balaban J connectivity index is 1.97. The molecular weight excluding hydrogens is 430 g/mol. The fourth-order valence-electron chi connectivity index (χ4n) is 6.07. The zero-order valence-electron chi connectivity index (χ0n) is 18.7. The van der Waals surface area contributed by atoms with E-state index in [1.165, 1.54) is 0 Å². The lowest BCUT2D eigenvalue weighted by Crippen LogP contribution is -2.47. The highest BCUT2D eigenvalue weighted by molar-refractivity contribution is 7.87. The van der Waals surface area contributed by atoms with Crippen molar-refractivity contribution in [3.8, 4) is 17.2 Å². The molecule has 0 amide bonds. The molecule has 0 aliphatic heterocycles. The van der Waals surface area contributed by atoms with Crippen LogP contribution in [0.15, 0.2) is 12.1 Å². The van der Waals surface area contributed by atoms with Gasteiger partial charge in [-0.3, -0.25) is 4.55 Å². The SMILES string of the molecule is COc1cc2c3c(c4nc(C)c(O)c(C)c4c2cc1OC)CC1CCCC1(S(=O)(=O)O)C3. The number of aryl methyl sites for hydroxylation is 2. The Kier molecular flexibility index (Phi) is 4.63. The van der Waals surface area contributed by atoms with Crippen LogP contribution in [0.25, 0.3) is 21.7 Å². The summed E-state index contributed by atoms with van der Waals surface area (Å²) in [5, 5.41) is 13.2. The number of aromatic hydroxyl groups is 1. The average Bonchev–Trinajstić information content (AvgIpc) is 3.19. The van der Waals surface area contributed by atoms with Crippen LogP contribution in [0.4, 0.5) is 0 Å². The predicted molar refractivity (Wildman–Crippen MR) is 123 cm³/mol. The van der Waals surface area contributed by atoms with Gasteiger partial charge in [-0.25, -0.2) is 4.98 Å². The smallest absolute Gasteiger partial charge is 0.271 e. The molecule has 0 bridgehead atoms. The van der Waals surface area contributed by atoms with Gasteiger partial charge in [0.2, 0.25) is 0 Å². The van der Waals surface area contributed by atoms with E-state index in [2.05, 4.69) is 0 Å². The number of rotatable bonds is 3. The maximum Gasteiger partial charge on any atom is 0.271 e. The highest BCUT2D eigenvalue weighted by Crippen LogP contribution is 2.53. The number of hydrogen-bond donors (Lipinski definition) is 2. The Labute approximate surface area is 187 Å². The summed E-state index contributed by atoms with van der Waals surface area (Å²) < 4.78 is 45.5. The molecular formula is C24H27NO6S. The van der Waals surface area contributed by atoms with Gasteiger partial charge in [0.1, 0.15) is 10.5 Å². The van der Waals surface area contributed by atoms with Gasteiger partial charge < -0.3 is 14.6 Å². The molecule has 0 radical (unpaired) electrons. The molecule has 2 aliphatic carbocycles. The first-order valence-electron chi connectivity index (χ1n) is 10.8. The molecule has 1 fully saturated rings. The van der Waals surface area contributed by atoms with E-state index in [-0.39, 0.29) is 18.1 Å².